The summed E-state index contributed by atoms with van der Waals surface area (Å²) >= 11 is 4.70. The van der Waals surface area contributed by atoms with Crippen LogP contribution in [0.5, 0.6) is 0 Å². The molecule has 0 aliphatic heterocycles. The van der Waals surface area contributed by atoms with Crippen LogP contribution in [0, 0.1) is 5.41 Å². The van der Waals surface area contributed by atoms with Crippen LogP contribution in [-0.4, -0.2) is 35.0 Å². The largest absolute Gasteiger partial charge is 0.480 e. The minimum absolute atomic E-state index is 0.141. The maximum atomic E-state index is 12.2. The van der Waals surface area contributed by atoms with E-state index in [1.54, 1.807) is 11.4 Å². The molecule has 0 aliphatic rings. The maximum Gasteiger partial charge on any atom is 0.323 e. The van der Waals surface area contributed by atoms with Crippen LogP contribution in [0.3, 0.4) is 0 Å². The summed E-state index contributed by atoms with van der Waals surface area (Å²) < 4.78 is 0.858. The van der Waals surface area contributed by atoms with E-state index in [1.807, 2.05) is 20.8 Å². The lowest BCUT2D eigenvalue weighted by Crippen LogP contribution is -2.40. The molecule has 0 aliphatic carbocycles. The molecule has 0 unspecified atom stereocenters. The van der Waals surface area contributed by atoms with E-state index in [9.17, 15) is 9.59 Å². The van der Waals surface area contributed by atoms with Gasteiger partial charge in [0.05, 0.1) is 9.35 Å². The van der Waals surface area contributed by atoms with E-state index in [1.165, 1.54) is 16.2 Å². The van der Waals surface area contributed by atoms with Crippen molar-refractivity contribution in [1.82, 2.24) is 4.90 Å². The van der Waals surface area contributed by atoms with Crippen molar-refractivity contribution in [3.8, 4) is 0 Å². The Balaban J connectivity index is 2.88. The number of hydrogen-bond donors (Lipinski definition) is 1. The fourth-order valence-corrected chi connectivity index (χ4v) is 2.67. The second-order valence-corrected chi connectivity index (χ2v) is 7.55. The molecule has 0 aromatic carbocycles. The molecule has 18 heavy (non-hydrogen) atoms. The number of carboxylic acids is 1. The Hall–Kier alpha value is -0.880. The summed E-state index contributed by atoms with van der Waals surface area (Å²) in [7, 11) is 0. The lowest BCUT2D eigenvalue weighted by atomic mass is 9.96. The normalized spacial score (nSPS) is 11.3. The average molecular weight is 334 g/mol. The molecule has 0 bridgehead atoms. The number of nitrogens with zero attached hydrogens (tertiary/aromatic N) is 1. The highest BCUT2D eigenvalue weighted by Gasteiger charge is 2.24. The third-order valence-electron chi connectivity index (χ3n) is 2.09. The fourth-order valence-electron chi connectivity index (χ4n) is 1.54. The summed E-state index contributed by atoms with van der Waals surface area (Å²) in [5.41, 5.74) is 0.385. The summed E-state index contributed by atoms with van der Waals surface area (Å²) in [6, 6.07) is 1.71. The van der Waals surface area contributed by atoms with E-state index < -0.39 is 5.97 Å². The molecule has 0 spiro atoms. The second kappa shape index (κ2) is 5.84. The van der Waals surface area contributed by atoms with E-state index >= 15 is 0 Å². The Morgan fingerprint density at radius 2 is 2.06 bits per heavy atom. The zero-order valence-corrected chi connectivity index (χ0v) is 13.0. The highest BCUT2D eigenvalue weighted by atomic mass is 79.9. The lowest BCUT2D eigenvalue weighted by molar-refractivity contribution is -0.138. The summed E-state index contributed by atoms with van der Waals surface area (Å²) in [5, 5.41) is 10.6. The van der Waals surface area contributed by atoms with Crippen molar-refractivity contribution in [2.24, 2.45) is 5.41 Å². The molecular formula is C12H16BrNO3S. The fraction of sp³-hybridized carbons (Fsp3) is 0.500. The van der Waals surface area contributed by atoms with Gasteiger partial charge in [-0.15, -0.1) is 11.3 Å². The summed E-state index contributed by atoms with van der Waals surface area (Å²) in [4.78, 5) is 24.4. The van der Waals surface area contributed by atoms with Gasteiger partial charge in [-0.2, -0.15) is 0 Å². The van der Waals surface area contributed by atoms with Gasteiger partial charge in [-0.25, -0.2) is 0 Å². The van der Waals surface area contributed by atoms with Crippen molar-refractivity contribution in [3.63, 3.8) is 0 Å². The SMILES string of the molecule is CC(C)(C)CN(CC(=O)O)C(=O)c1csc(Br)c1. The van der Waals surface area contributed by atoms with E-state index in [2.05, 4.69) is 15.9 Å². The predicted octanol–water partition coefficient (Wildman–Crippen LogP) is 3.08. The van der Waals surface area contributed by atoms with Gasteiger partial charge in [0.25, 0.3) is 5.91 Å². The molecule has 1 heterocycles. The third-order valence-corrected chi connectivity index (χ3v) is 3.60. The number of hydrogen-bond acceptors (Lipinski definition) is 3. The Kier molecular flexibility index (Phi) is 4.92. The zero-order chi connectivity index (χ0) is 13.9. The average Bonchev–Trinajstić information content (AvgIpc) is 2.59. The first-order chi connectivity index (χ1) is 8.19. The molecular weight excluding hydrogens is 318 g/mol. The molecule has 100 valence electrons. The van der Waals surface area contributed by atoms with E-state index in [0.717, 1.165) is 3.79 Å². The second-order valence-electron chi connectivity index (χ2n) is 5.26. The van der Waals surface area contributed by atoms with Gasteiger partial charge in [0.15, 0.2) is 0 Å². The molecule has 0 saturated heterocycles. The van der Waals surface area contributed by atoms with Gasteiger partial charge in [0.2, 0.25) is 0 Å². The molecule has 0 radical (unpaired) electrons. The van der Waals surface area contributed by atoms with Crippen molar-refractivity contribution >= 4 is 39.1 Å². The Morgan fingerprint density at radius 3 is 2.44 bits per heavy atom. The lowest BCUT2D eigenvalue weighted by Gasteiger charge is -2.28. The molecule has 1 amide bonds. The number of carboxylic acid groups (broad SMARTS) is 1. The molecule has 0 fully saturated rings. The quantitative estimate of drug-likeness (QED) is 0.921. The first kappa shape index (κ1) is 15.2. The van der Waals surface area contributed by atoms with Gasteiger partial charge in [0.1, 0.15) is 6.54 Å². The van der Waals surface area contributed by atoms with Gasteiger partial charge in [-0.3, -0.25) is 9.59 Å². The summed E-state index contributed by atoms with van der Waals surface area (Å²) in [5.74, 6) is -1.24. The molecule has 6 heteroatoms. The van der Waals surface area contributed by atoms with E-state index in [4.69, 9.17) is 5.11 Å². The number of thiophene rings is 1. The van der Waals surface area contributed by atoms with Gasteiger partial charge >= 0.3 is 5.97 Å². The molecule has 0 atom stereocenters. The topological polar surface area (TPSA) is 57.6 Å². The van der Waals surface area contributed by atoms with Crippen LogP contribution in [0.15, 0.2) is 15.2 Å². The van der Waals surface area contributed by atoms with Gasteiger partial charge in [0, 0.05) is 11.9 Å². The van der Waals surface area contributed by atoms with E-state index in [-0.39, 0.29) is 17.9 Å². The minimum atomic E-state index is -0.998. The van der Waals surface area contributed by atoms with Crippen molar-refractivity contribution in [3.05, 3.63) is 20.8 Å². The summed E-state index contributed by atoms with van der Waals surface area (Å²) in [6.07, 6.45) is 0. The smallest absolute Gasteiger partial charge is 0.323 e. The van der Waals surface area contributed by atoms with Crippen molar-refractivity contribution in [2.45, 2.75) is 20.8 Å². The monoisotopic (exact) mass is 333 g/mol. The maximum absolute atomic E-state index is 12.2. The Bertz CT molecular complexity index is 450. The number of aliphatic carboxylic acids is 1. The van der Waals surface area contributed by atoms with Crippen LogP contribution < -0.4 is 0 Å². The highest BCUT2D eigenvalue weighted by molar-refractivity contribution is 9.11. The van der Waals surface area contributed by atoms with Gasteiger partial charge < -0.3 is 10.0 Å². The minimum Gasteiger partial charge on any atom is -0.480 e. The van der Waals surface area contributed by atoms with Crippen molar-refractivity contribution in [1.29, 1.82) is 0 Å². The Morgan fingerprint density at radius 1 is 1.44 bits per heavy atom. The third kappa shape index (κ3) is 4.78. The van der Waals surface area contributed by atoms with Crippen LogP contribution >= 0.6 is 27.3 Å². The van der Waals surface area contributed by atoms with Crippen LogP contribution in [0.1, 0.15) is 31.1 Å². The number of rotatable bonds is 4. The number of amides is 1. The molecule has 0 saturated carbocycles. The number of halogens is 1. The molecule has 1 aromatic rings. The van der Waals surface area contributed by atoms with E-state index in [0.29, 0.717) is 12.1 Å². The Labute approximate surface area is 119 Å². The van der Waals surface area contributed by atoms with Crippen molar-refractivity contribution < 1.29 is 14.7 Å². The zero-order valence-electron chi connectivity index (χ0n) is 10.6. The van der Waals surface area contributed by atoms with Crippen LogP contribution in [0.25, 0.3) is 0 Å². The molecule has 1 aromatic heterocycles. The predicted molar refractivity (Wildman–Crippen MR) is 75.0 cm³/mol. The number of carbonyl (C=O) groups is 2. The standard InChI is InChI=1S/C12H16BrNO3S/c1-12(2,3)7-14(5-10(15)16)11(17)8-4-9(13)18-6-8/h4,6H,5,7H2,1-3H3,(H,15,16). The van der Waals surface area contributed by atoms with Crippen LogP contribution in [0.2, 0.25) is 0 Å². The first-order valence-electron chi connectivity index (χ1n) is 5.44. The molecule has 1 rings (SSSR count). The van der Waals surface area contributed by atoms with Crippen molar-refractivity contribution in [2.75, 3.05) is 13.1 Å². The van der Waals surface area contributed by atoms with Crippen LogP contribution in [-0.2, 0) is 4.79 Å². The van der Waals surface area contributed by atoms with Gasteiger partial charge in [-0.1, -0.05) is 20.8 Å². The molecule has 1 N–H and O–H groups in total. The number of carbonyl (C=O) groups excluding carboxylic acids is 1. The summed E-state index contributed by atoms with van der Waals surface area (Å²) in [6.45, 7) is 6.05. The first-order valence-corrected chi connectivity index (χ1v) is 7.11. The highest BCUT2D eigenvalue weighted by Crippen LogP contribution is 2.23. The van der Waals surface area contributed by atoms with Gasteiger partial charge in [-0.05, 0) is 27.4 Å². The van der Waals surface area contributed by atoms with Crippen LogP contribution in [0.4, 0.5) is 0 Å². The molecule has 4 nitrogen and oxygen atoms in total.